The molecule has 1 aliphatic rings. The summed E-state index contributed by atoms with van der Waals surface area (Å²) in [6.07, 6.45) is 0.450. The summed E-state index contributed by atoms with van der Waals surface area (Å²) < 4.78 is 5.28. The van der Waals surface area contributed by atoms with Gasteiger partial charge in [0.1, 0.15) is 5.75 Å². The Labute approximate surface area is 138 Å². The molecule has 124 valence electrons. The van der Waals surface area contributed by atoms with Crippen LogP contribution in [-0.4, -0.2) is 55.5 Å². The highest BCUT2D eigenvalue weighted by atomic mass is 35.5. The monoisotopic (exact) mass is 327 g/mol. The molecule has 1 aliphatic heterocycles. The number of hydrogen-bond donors (Lipinski definition) is 1. The number of halogens is 1. The lowest BCUT2D eigenvalue weighted by Crippen LogP contribution is -2.49. The van der Waals surface area contributed by atoms with E-state index in [4.69, 9.17) is 10.5 Å². The van der Waals surface area contributed by atoms with Gasteiger partial charge in [0, 0.05) is 45.2 Å². The minimum absolute atomic E-state index is 0. The number of piperazine rings is 1. The van der Waals surface area contributed by atoms with E-state index in [1.54, 1.807) is 7.11 Å². The van der Waals surface area contributed by atoms with Gasteiger partial charge in [-0.1, -0.05) is 12.1 Å². The van der Waals surface area contributed by atoms with Crippen LogP contribution in [0.2, 0.25) is 0 Å². The summed E-state index contributed by atoms with van der Waals surface area (Å²) in [5.41, 5.74) is 6.69. The number of hydrogen-bond acceptors (Lipinski definition) is 4. The topological polar surface area (TPSA) is 58.8 Å². The number of carbonyl (C=O) groups is 1. The summed E-state index contributed by atoms with van der Waals surface area (Å²) in [4.78, 5) is 16.2. The third-order valence-electron chi connectivity index (χ3n) is 4.15. The van der Waals surface area contributed by atoms with Crippen molar-refractivity contribution in [1.82, 2.24) is 9.80 Å². The first-order valence-corrected chi connectivity index (χ1v) is 7.51. The molecule has 0 saturated carbocycles. The van der Waals surface area contributed by atoms with Gasteiger partial charge in [0.2, 0.25) is 5.91 Å². The van der Waals surface area contributed by atoms with E-state index < -0.39 is 0 Å². The minimum Gasteiger partial charge on any atom is -0.497 e. The largest absolute Gasteiger partial charge is 0.497 e. The standard InChI is InChI=1S/C16H25N3O2.ClH/c1-13(14-4-3-5-15(12-14)21-2)18-8-10-19(11-9-18)16(20)6-7-17;/h3-5,12-13H,6-11,17H2,1-2H3;1H. The Hall–Kier alpha value is -1.30. The van der Waals surface area contributed by atoms with Crippen LogP contribution in [0.3, 0.4) is 0 Å². The van der Waals surface area contributed by atoms with Crippen molar-refractivity contribution in [3.63, 3.8) is 0 Å². The molecule has 0 radical (unpaired) electrons. The molecule has 0 aromatic heterocycles. The maximum absolute atomic E-state index is 11.8. The molecule has 0 aliphatic carbocycles. The summed E-state index contributed by atoms with van der Waals surface area (Å²) in [6, 6.07) is 8.51. The number of benzene rings is 1. The fourth-order valence-corrected chi connectivity index (χ4v) is 2.75. The van der Waals surface area contributed by atoms with Gasteiger partial charge in [0.05, 0.1) is 7.11 Å². The zero-order chi connectivity index (χ0) is 15.2. The highest BCUT2D eigenvalue weighted by molar-refractivity contribution is 5.85. The van der Waals surface area contributed by atoms with Crippen molar-refractivity contribution in [1.29, 1.82) is 0 Å². The van der Waals surface area contributed by atoms with Gasteiger partial charge < -0.3 is 15.4 Å². The predicted octanol–water partition coefficient (Wildman–Crippen LogP) is 1.67. The number of nitrogens with two attached hydrogens (primary N) is 1. The lowest BCUT2D eigenvalue weighted by Gasteiger charge is -2.38. The molecule has 1 amide bonds. The van der Waals surface area contributed by atoms with Gasteiger partial charge in [-0.2, -0.15) is 0 Å². The number of carbonyl (C=O) groups excluding carboxylic acids is 1. The number of amides is 1. The number of nitrogens with zero attached hydrogens (tertiary/aromatic N) is 2. The quantitative estimate of drug-likeness (QED) is 0.893. The van der Waals surface area contributed by atoms with Crippen LogP contribution in [0.4, 0.5) is 0 Å². The Kier molecular flexibility index (Phi) is 7.65. The minimum atomic E-state index is 0. The van der Waals surface area contributed by atoms with E-state index >= 15 is 0 Å². The summed E-state index contributed by atoms with van der Waals surface area (Å²) in [5.74, 6) is 1.06. The molecule has 1 unspecified atom stereocenters. The number of rotatable bonds is 5. The van der Waals surface area contributed by atoms with E-state index in [0.717, 1.165) is 31.9 Å². The van der Waals surface area contributed by atoms with Crippen molar-refractivity contribution in [2.45, 2.75) is 19.4 Å². The summed E-state index contributed by atoms with van der Waals surface area (Å²) in [5, 5.41) is 0. The fourth-order valence-electron chi connectivity index (χ4n) is 2.75. The molecule has 2 N–H and O–H groups in total. The zero-order valence-corrected chi connectivity index (χ0v) is 14.1. The van der Waals surface area contributed by atoms with Gasteiger partial charge in [0.15, 0.2) is 0 Å². The van der Waals surface area contributed by atoms with Crippen molar-refractivity contribution >= 4 is 18.3 Å². The van der Waals surface area contributed by atoms with E-state index in [1.165, 1.54) is 5.56 Å². The Morgan fingerprint density at radius 2 is 2.00 bits per heavy atom. The molecular weight excluding hydrogens is 302 g/mol. The van der Waals surface area contributed by atoms with Crippen LogP contribution in [0.15, 0.2) is 24.3 Å². The van der Waals surface area contributed by atoms with Gasteiger partial charge in [-0.3, -0.25) is 9.69 Å². The average molecular weight is 328 g/mol. The molecule has 2 rings (SSSR count). The van der Waals surface area contributed by atoms with E-state index in [-0.39, 0.29) is 18.3 Å². The van der Waals surface area contributed by atoms with Crippen LogP contribution in [-0.2, 0) is 4.79 Å². The summed E-state index contributed by atoms with van der Waals surface area (Å²) in [7, 11) is 1.69. The van der Waals surface area contributed by atoms with Crippen LogP contribution >= 0.6 is 12.4 Å². The highest BCUT2D eigenvalue weighted by Crippen LogP contribution is 2.24. The van der Waals surface area contributed by atoms with Gasteiger partial charge in [-0.15, -0.1) is 12.4 Å². The van der Waals surface area contributed by atoms with Crippen molar-refractivity contribution in [3.05, 3.63) is 29.8 Å². The van der Waals surface area contributed by atoms with Gasteiger partial charge in [-0.25, -0.2) is 0 Å². The second-order valence-corrected chi connectivity index (χ2v) is 5.41. The number of methoxy groups -OCH3 is 1. The fraction of sp³-hybridized carbons (Fsp3) is 0.562. The van der Waals surface area contributed by atoms with Crippen molar-refractivity contribution in [2.75, 3.05) is 39.8 Å². The second-order valence-electron chi connectivity index (χ2n) is 5.41. The van der Waals surface area contributed by atoms with Crippen LogP contribution in [0.5, 0.6) is 5.75 Å². The Balaban J connectivity index is 0.00000242. The Bertz CT molecular complexity index is 476. The lowest BCUT2D eigenvalue weighted by atomic mass is 10.1. The molecular formula is C16H26ClN3O2. The molecule has 6 heteroatoms. The summed E-state index contributed by atoms with van der Waals surface area (Å²) >= 11 is 0. The molecule has 1 heterocycles. The first-order valence-electron chi connectivity index (χ1n) is 7.51. The third-order valence-corrected chi connectivity index (χ3v) is 4.15. The van der Waals surface area contributed by atoms with Gasteiger partial charge in [-0.05, 0) is 24.6 Å². The molecule has 1 atom stereocenters. The van der Waals surface area contributed by atoms with Crippen molar-refractivity contribution < 1.29 is 9.53 Å². The zero-order valence-electron chi connectivity index (χ0n) is 13.3. The number of ether oxygens (including phenoxy) is 1. The van der Waals surface area contributed by atoms with E-state index in [1.807, 2.05) is 17.0 Å². The van der Waals surface area contributed by atoms with Gasteiger partial charge in [0.25, 0.3) is 0 Å². The van der Waals surface area contributed by atoms with Crippen LogP contribution in [0.25, 0.3) is 0 Å². The van der Waals surface area contributed by atoms with Crippen LogP contribution in [0.1, 0.15) is 24.9 Å². The second kappa shape index (κ2) is 8.98. The summed E-state index contributed by atoms with van der Waals surface area (Å²) in [6.45, 7) is 6.00. The van der Waals surface area contributed by atoms with E-state index in [9.17, 15) is 4.79 Å². The molecule has 5 nitrogen and oxygen atoms in total. The molecule has 0 spiro atoms. The van der Waals surface area contributed by atoms with Crippen molar-refractivity contribution in [3.8, 4) is 5.75 Å². The Morgan fingerprint density at radius 1 is 1.32 bits per heavy atom. The van der Waals surface area contributed by atoms with Crippen molar-refractivity contribution in [2.24, 2.45) is 5.73 Å². The highest BCUT2D eigenvalue weighted by Gasteiger charge is 2.24. The maximum atomic E-state index is 11.8. The van der Waals surface area contributed by atoms with Crippen LogP contribution in [0, 0.1) is 0 Å². The van der Waals surface area contributed by atoms with Crippen LogP contribution < -0.4 is 10.5 Å². The molecule has 1 saturated heterocycles. The first kappa shape index (κ1) is 18.7. The predicted molar refractivity (Wildman–Crippen MR) is 90.5 cm³/mol. The molecule has 1 aromatic rings. The molecule has 1 aromatic carbocycles. The smallest absolute Gasteiger partial charge is 0.223 e. The average Bonchev–Trinajstić information content (AvgIpc) is 2.54. The maximum Gasteiger partial charge on any atom is 0.223 e. The lowest BCUT2D eigenvalue weighted by molar-refractivity contribution is -0.133. The van der Waals surface area contributed by atoms with Gasteiger partial charge >= 0.3 is 0 Å². The Morgan fingerprint density at radius 3 is 2.59 bits per heavy atom. The molecule has 1 fully saturated rings. The SMILES string of the molecule is COc1cccc(C(C)N2CCN(C(=O)CCN)CC2)c1.Cl. The van der Waals surface area contributed by atoms with E-state index in [0.29, 0.717) is 19.0 Å². The normalized spacial score (nSPS) is 16.8. The molecule has 22 heavy (non-hydrogen) atoms. The molecule has 0 bridgehead atoms. The first-order chi connectivity index (χ1) is 10.2. The van der Waals surface area contributed by atoms with E-state index in [2.05, 4.69) is 24.0 Å². The third kappa shape index (κ3) is 4.60.